The van der Waals surface area contributed by atoms with E-state index in [0.717, 1.165) is 21.9 Å². The summed E-state index contributed by atoms with van der Waals surface area (Å²) in [6.45, 7) is 6.73. The molecule has 0 saturated heterocycles. The maximum atomic E-state index is 6.37. The van der Waals surface area contributed by atoms with E-state index in [1.54, 1.807) is 0 Å². The predicted octanol–water partition coefficient (Wildman–Crippen LogP) is 11.7. The quantitative estimate of drug-likeness (QED) is 0.204. The van der Waals surface area contributed by atoms with Crippen molar-refractivity contribution in [1.29, 1.82) is 0 Å². The van der Waals surface area contributed by atoms with Crippen molar-refractivity contribution < 1.29 is 4.42 Å². The lowest BCUT2D eigenvalue weighted by atomic mass is 9.85. The molecule has 0 amide bonds. The van der Waals surface area contributed by atoms with Gasteiger partial charge in [0.1, 0.15) is 11.2 Å². The van der Waals surface area contributed by atoms with Crippen molar-refractivity contribution in [2.75, 3.05) is 0 Å². The molecule has 0 unspecified atom stereocenters. The lowest BCUT2D eigenvalue weighted by Gasteiger charge is -2.18. The normalized spacial score (nSPS) is 12.3. The van der Waals surface area contributed by atoms with E-state index >= 15 is 0 Å². The molecule has 0 atom stereocenters. The third kappa shape index (κ3) is 3.77. The van der Waals surface area contributed by atoms with Gasteiger partial charge in [0.25, 0.3) is 0 Å². The SMILES string of the molecule is CC(C)(C)c1ccc2c(c1)oc1ccc(-c3c4ccccc4c(-c4ccc5ccccc5c4)c4ccccc34)cc12. The van der Waals surface area contributed by atoms with Crippen LogP contribution in [0.5, 0.6) is 0 Å². The zero-order chi connectivity index (χ0) is 27.7. The van der Waals surface area contributed by atoms with Crippen LogP contribution in [0.3, 0.4) is 0 Å². The van der Waals surface area contributed by atoms with Gasteiger partial charge in [-0.1, -0.05) is 124 Å². The highest BCUT2D eigenvalue weighted by molar-refractivity contribution is 6.22. The van der Waals surface area contributed by atoms with E-state index in [-0.39, 0.29) is 5.41 Å². The summed E-state index contributed by atoms with van der Waals surface area (Å²) in [7, 11) is 0. The molecule has 1 heteroatoms. The van der Waals surface area contributed by atoms with Gasteiger partial charge in [-0.2, -0.15) is 0 Å². The Kier molecular flexibility index (Phi) is 5.15. The molecular formula is C40H30O. The Hall–Kier alpha value is -4.88. The zero-order valence-corrected chi connectivity index (χ0v) is 23.5. The molecule has 0 bridgehead atoms. The molecule has 8 aromatic rings. The molecule has 1 heterocycles. The van der Waals surface area contributed by atoms with Crippen LogP contribution in [0.1, 0.15) is 26.3 Å². The maximum Gasteiger partial charge on any atom is 0.135 e. The van der Waals surface area contributed by atoms with Crippen LogP contribution in [-0.2, 0) is 5.41 Å². The van der Waals surface area contributed by atoms with Crippen LogP contribution in [0.25, 0.3) is 76.5 Å². The van der Waals surface area contributed by atoms with Gasteiger partial charge in [0.2, 0.25) is 0 Å². The first-order valence-corrected chi connectivity index (χ1v) is 14.4. The largest absolute Gasteiger partial charge is 0.456 e. The van der Waals surface area contributed by atoms with Crippen LogP contribution in [0.4, 0.5) is 0 Å². The number of hydrogen-bond acceptors (Lipinski definition) is 1. The van der Waals surface area contributed by atoms with Gasteiger partial charge in [0.15, 0.2) is 0 Å². The number of fused-ring (bicyclic) bond motifs is 6. The summed E-state index contributed by atoms with van der Waals surface area (Å²) in [5.41, 5.74) is 8.24. The van der Waals surface area contributed by atoms with Crippen molar-refractivity contribution in [2.24, 2.45) is 0 Å². The van der Waals surface area contributed by atoms with E-state index in [2.05, 4.69) is 148 Å². The number of furan rings is 1. The lowest BCUT2D eigenvalue weighted by Crippen LogP contribution is -2.10. The van der Waals surface area contributed by atoms with Gasteiger partial charge < -0.3 is 4.42 Å². The fourth-order valence-electron chi connectivity index (χ4n) is 6.49. The maximum absolute atomic E-state index is 6.37. The molecule has 0 spiro atoms. The Morgan fingerprint density at radius 2 is 0.976 bits per heavy atom. The van der Waals surface area contributed by atoms with Crippen molar-refractivity contribution >= 4 is 54.3 Å². The molecule has 0 saturated carbocycles. The fourth-order valence-corrected chi connectivity index (χ4v) is 6.49. The van der Waals surface area contributed by atoms with Gasteiger partial charge >= 0.3 is 0 Å². The zero-order valence-electron chi connectivity index (χ0n) is 23.5. The molecule has 7 aromatic carbocycles. The average Bonchev–Trinajstić information content (AvgIpc) is 3.36. The molecule has 1 nitrogen and oxygen atoms in total. The first kappa shape index (κ1) is 24.0. The van der Waals surface area contributed by atoms with Gasteiger partial charge in [-0.05, 0) is 89.8 Å². The summed E-state index contributed by atoms with van der Waals surface area (Å²) in [6.07, 6.45) is 0. The predicted molar refractivity (Wildman–Crippen MR) is 176 cm³/mol. The third-order valence-electron chi connectivity index (χ3n) is 8.60. The fraction of sp³-hybridized carbons (Fsp3) is 0.100. The molecule has 0 N–H and O–H groups in total. The molecule has 0 fully saturated rings. The van der Waals surface area contributed by atoms with Crippen LogP contribution in [0.2, 0.25) is 0 Å². The topological polar surface area (TPSA) is 13.1 Å². The van der Waals surface area contributed by atoms with E-state index < -0.39 is 0 Å². The van der Waals surface area contributed by atoms with E-state index in [1.165, 1.54) is 60.1 Å². The van der Waals surface area contributed by atoms with Gasteiger partial charge in [-0.25, -0.2) is 0 Å². The minimum atomic E-state index is 0.0724. The van der Waals surface area contributed by atoms with Gasteiger partial charge in [-0.3, -0.25) is 0 Å². The summed E-state index contributed by atoms with van der Waals surface area (Å²) >= 11 is 0. The van der Waals surface area contributed by atoms with Crippen LogP contribution in [0, 0.1) is 0 Å². The Balaban J connectivity index is 1.42. The van der Waals surface area contributed by atoms with Crippen molar-refractivity contribution in [2.45, 2.75) is 26.2 Å². The second-order valence-corrected chi connectivity index (χ2v) is 12.2. The molecule has 196 valence electrons. The van der Waals surface area contributed by atoms with Gasteiger partial charge in [-0.15, -0.1) is 0 Å². The molecule has 41 heavy (non-hydrogen) atoms. The van der Waals surface area contributed by atoms with Crippen molar-refractivity contribution in [3.05, 3.63) is 133 Å². The van der Waals surface area contributed by atoms with Crippen molar-refractivity contribution in [3.63, 3.8) is 0 Å². The average molecular weight is 527 g/mol. The van der Waals surface area contributed by atoms with Gasteiger partial charge in [0, 0.05) is 10.8 Å². The first-order valence-electron chi connectivity index (χ1n) is 14.4. The summed E-state index contributed by atoms with van der Waals surface area (Å²) in [6, 6.07) is 46.5. The van der Waals surface area contributed by atoms with Gasteiger partial charge in [0.05, 0.1) is 0 Å². The highest BCUT2D eigenvalue weighted by atomic mass is 16.3. The lowest BCUT2D eigenvalue weighted by molar-refractivity contribution is 0.587. The summed E-state index contributed by atoms with van der Waals surface area (Å²) in [5, 5.41) is 9.90. The molecule has 0 radical (unpaired) electrons. The number of benzene rings is 7. The second-order valence-electron chi connectivity index (χ2n) is 12.2. The monoisotopic (exact) mass is 526 g/mol. The van der Waals surface area contributed by atoms with E-state index in [0.29, 0.717) is 0 Å². The van der Waals surface area contributed by atoms with E-state index in [9.17, 15) is 0 Å². The Morgan fingerprint density at radius 1 is 0.415 bits per heavy atom. The third-order valence-corrected chi connectivity index (χ3v) is 8.60. The van der Waals surface area contributed by atoms with E-state index in [1.807, 2.05) is 0 Å². The Morgan fingerprint density at radius 3 is 1.61 bits per heavy atom. The molecule has 1 aromatic heterocycles. The summed E-state index contributed by atoms with van der Waals surface area (Å²) in [5.74, 6) is 0. The highest BCUT2D eigenvalue weighted by Gasteiger charge is 2.19. The standard InChI is InChI=1S/C40H30O/c1-40(2,3)29-19-20-30-35-23-28(18-21-36(35)41-37(30)24-29)39-33-14-8-6-12-31(33)38(32-13-7-9-15-34(32)39)27-17-16-25-10-4-5-11-26(25)22-27/h4-24H,1-3H3. The summed E-state index contributed by atoms with van der Waals surface area (Å²) in [4.78, 5) is 0. The second kappa shape index (κ2) is 8.81. The van der Waals surface area contributed by atoms with Crippen LogP contribution in [0.15, 0.2) is 132 Å². The molecule has 0 aliphatic heterocycles. The van der Waals surface area contributed by atoms with Crippen LogP contribution < -0.4 is 0 Å². The summed E-state index contributed by atoms with van der Waals surface area (Å²) < 4.78 is 6.37. The Labute approximate surface area is 239 Å². The smallest absolute Gasteiger partial charge is 0.135 e. The highest BCUT2D eigenvalue weighted by Crippen LogP contribution is 2.45. The molecule has 8 rings (SSSR count). The van der Waals surface area contributed by atoms with Crippen LogP contribution in [-0.4, -0.2) is 0 Å². The number of rotatable bonds is 2. The van der Waals surface area contributed by atoms with Crippen molar-refractivity contribution in [3.8, 4) is 22.3 Å². The Bertz CT molecular complexity index is 2230. The van der Waals surface area contributed by atoms with Crippen molar-refractivity contribution in [1.82, 2.24) is 0 Å². The molecule has 0 aliphatic rings. The minimum Gasteiger partial charge on any atom is -0.456 e. The van der Waals surface area contributed by atoms with E-state index in [4.69, 9.17) is 4.42 Å². The molecular weight excluding hydrogens is 496 g/mol. The molecule has 0 aliphatic carbocycles. The number of hydrogen-bond donors (Lipinski definition) is 0. The minimum absolute atomic E-state index is 0.0724. The first-order chi connectivity index (χ1) is 20.0. The van der Waals surface area contributed by atoms with Crippen LogP contribution >= 0.6 is 0 Å².